The van der Waals surface area contributed by atoms with Crippen LogP contribution in [0.5, 0.6) is 0 Å². The van der Waals surface area contributed by atoms with Crippen LogP contribution in [0.25, 0.3) is 0 Å². The summed E-state index contributed by atoms with van der Waals surface area (Å²) in [5.74, 6) is -5.03. The first-order valence-electron chi connectivity index (χ1n) is 7.96. The van der Waals surface area contributed by atoms with Crippen molar-refractivity contribution in [3.05, 3.63) is 71.3 Å². The van der Waals surface area contributed by atoms with Crippen LogP contribution in [0.4, 0.5) is 0 Å². The van der Waals surface area contributed by atoms with Crippen molar-refractivity contribution in [3.8, 4) is 0 Å². The minimum Gasteiger partial charge on any atom is -0.478 e. The van der Waals surface area contributed by atoms with E-state index < -0.39 is 29.7 Å². The highest BCUT2D eigenvalue weighted by molar-refractivity contribution is 5.91. The van der Waals surface area contributed by atoms with Gasteiger partial charge in [-0.1, -0.05) is 56.0 Å². The Balaban J connectivity index is 3.29. The summed E-state index contributed by atoms with van der Waals surface area (Å²) < 4.78 is 0. The van der Waals surface area contributed by atoms with Gasteiger partial charge >= 0.3 is 17.9 Å². The lowest BCUT2D eigenvalue weighted by Gasteiger charge is -2.17. The number of aliphatic carboxylic acids is 3. The van der Waals surface area contributed by atoms with Gasteiger partial charge in [-0.3, -0.25) is 0 Å². The van der Waals surface area contributed by atoms with E-state index in [0.29, 0.717) is 0 Å². The summed E-state index contributed by atoms with van der Waals surface area (Å²) in [5.41, 5.74) is 0.653. The molecule has 138 valence electrons. The normalized spacial score (nSPS) is 14.4. The number of carboxylic acid groups (broad SMARTS) is 3. The molecular formula is C20H22O6. The molecule has 6 nitrogen and oxygen atoms in total. The molecule has 0 spiro atoms. The third kappa shape index (κ3) is 6.05. The Morgan fingerprint density at radius 2 is 1.58 bits per heavy atom. The summed E-state index contributed by atoms with van der Waals surface area (Å²) in [6.45, 7) is 6.49. The Bertz CT molecular complexity index is 758. The smallest absolute Gasteiger partial charge is 0.331 e. The summed E-state index contributed by atoms with van der Waals surface area (Å²) in [7, 11) is 0. The van der Waals surface area contributed by atoms with Crippen LogP contribution in [0.1, 0.15) is 19.4 Å². The highest BCUT2D eigenvalue weighted by Crippen LogP contribution is 2.24. The number of rotatable bonds is 9. The molecule has 0 aliphatic heterocycles. The maximum absolute atomic E-state index is 11.7. The number of hydrogen-bond acceptors (Lipinski definition) is 3. The van der Waals surface area contributed by atoms with Gasteiger partial charge in [-0.15, -0.1) is 0 Å². The molecule has 0 amide bonds. The molecular weight excluding hydrogens is 336 g/mol. The second-order valence-corrected chi connectivity index (χ2v) is 6.00. The Labute approximate surface area is 151 Å². The van der Waals surface area contributed by atoms with Crippen LogP contribution in [-0.4, -0.2) is 33.2 Å². The molecule has 0 saturated carbocycles. The van der Waals surface area contributed by atoms with Crippen LogP contribution in [0.3, 0.4) is 0 Å². The minimum atomic E-state index is -1.23. The fourth-order valence-corrected chi connectivity index (χ4v) is 2.48. The van der Waals surface area contributed by atoms with E-state index in [2.05, 4.69) is 6.58 Å². The molecule has 0 aliphatic rings. The average molecular weight is 358 g/mol. The maximum Gasteiger partial charge on any atom is 0.331 e. The first-order chi connectivity index (χ1) is 12.1. The molecule has 0 aliphatic carbocycles. The second kappa shape index (κ2) is 9.36. The molecule has 0 radical (unpaired) electrons. The zero-order chi connectivity index (χ0) is 19.9. The lowest BCUT2D eigenvalue weighted by molar-refractivity contribution is -0.134. The quantitative estimate of drug-likeness (QED) is 0.585. The summed E-state index contributed by atoms with van der Waals surface area (Å²) in [5, 5.41) is 27.7. The molecule has 0 fully saturated rings. The number of carbonyl (C=O) groups is 3. The lowest BCUT2D eigenvalue weighted by atomic mass is 9.87. The van der Waals surface area contributed by atoms with Crippen molar-refractivity contribution in [1.29, 1.82) is 0 Å². The molecule has 3 N–H and O–H groups in total. The number of carboxylic acids is 3. The average Bonchev–Trinajstić information content (AvgIpc) is 2.57. The van der Waals surface area contributed by atoms with E-state index in [1.807, 2.05) is 18.2 Å². The fraction of sp³-hybridized carbons (Fsp3) is 0.250. The highest BCUT2D eigenvalue weighted by atomic mass is 16.4. The molecule has 0 heterocycles. The van der Waals surface area contributed by atoms with E-state index in [0.717, 1.165) is 5.56 Å². The monoisotopic (exact) mass is 358 g/mol. The molecule has 0 bridgehead atoms. The second-order valence-electron chi connectivity index (χ2n) is 6.00. The molecule has 2 atom stereocenters. The summed E-state index contributed by atoms with van der Waals surface area (Å²) in [6, 6.07) is 9.06. The standard InChI is InChI=1S/C20H22O6/c1-12(9-13(2)18(21)22)17(20(25)26)11-16(14(3)19(23)24)10-15-7-5-4-6-8-15/h4-9,11-12,16H,3,10H2,1-2H3,(H,21,22)(H,23,24)(H,25,26). The Kier molecular flexibility index (Phi) is 7.52. The van der Waals surface area contributed by atoms with Crippen molar-refractivity contribution in [2.75, 3.05) is 0 Å². The van der Waals surface area contributed by atoms with Crippen LogP contribution in [0, 0.1) is 11.8 Å². The topological polar surface area (TPSA) is 112 Å². The van der Waals surface area contributed by atoms with E-state index in [4.69, 9.17) is 5.11 Å². The molecule has 6 heteroatoms. The van der Waals surface area contributed by atoms with Gasteiger partial charge in [0.2, 0.25) is 0 Å². The van der Waals surface area contributed by atoms with Crippen molar-refractivity contribution in [2.45, 2.75) is 20.3 Å². The first-order valence-corrected chi connectivity index (χ1v) is 7.96. The van der Waals surface area contributed by atoms with Gasteiger partial charge in [0.1, 0.15) is 0 Å². The first kappa shape index (κ1) is 20.9. The van der Waals surface area contributed by atoms with Crippen LogP contribution in [0.2, 0.25) is 0 Å². The van der Waals surface area contributed by atoms with E-state index in [-0.39, 0.29) is 23.1 Å². The maximum atomic E-state index is 11.7. The van der Waals surface area contributed by atoms with Gasteiger partial charge in [-0.05, 0) is 18.9 Å². The third-order valence-corrected chi connectivity index (χ3v) is 3.98. The Hall–Kier alpha value is -3.15. The largest absolute Gasteiger partial charge is 0.478 e. The third-order valence-electron chi connectivity index (χ3n) is 3.98. The van der Waals surface area contributed by atoms with Crippen molar-refractivity contribution >= 4 is 17.9 Å². The van der Waals surface area contributed by atoms with Gasteiger partial charge in [0.25, 0.3) is 0 Å². The van der Waals surface area contributed by atoms with Gasteiger partial charge in [-0.25, -0.2) is 14.4 Å². The van der Waals surface area contributed by atoms with Crippen LogP contribution >= 0.6 is 0 Å². The SMILES string of the molecule is C=C(C(=O)O)C(C=C(C(=O)O)C(C)C=C(C)C(=O)O)Cc1ccccc1. The van der Waals surface area contributed by atoms with Gasteiger partial charge in [0, 0.05) is 28.6 Å². The predicted molar refractivity (Wildman–Crippen MR) is 96.7 cm³/mol. The van der Waals surface area contributed by atoms with Gasteiger partial charge < -0.3 is 15.3 Å². The molecule has 0 aromatic heterocycles. The predicted octanol–water partition coefficient (Wildman–Crippen LogP) is 3.16. The molecule has 26 heavy (non-hydrogen) atoms. The zero-order valence-electron chi connectivity index (χ0n) is 14.7. The van der Waals surface area contributed by atoms with E-state index >= 15 is 0 Å². The van der Waals surface area contributed by atoms with Gasteiger partial charge in [0.15, 0.2) is 0 Å². The summed E-state index contributed by atoms with van der Waals surface area (Å²) in [6.07, 6.45) is 2.95. The van der Waals surface area contributed by atoms with Crippen molar-refractivity contribution in [3.63, 3.8) is 0 Å². The lowest BCUT2D eigenvalue weighted by Crippen LogP contribution is -2.17. The summed E-state index contributed by atoms with van der Waals surface area (Å²) >= 11 is 0. The minimum absolute atomic E-state index is 0.0151. The molecule has 1 aromatic rings. The van der Waals surface area contributed by atoms with E-state index in [1.165, 1.54) is 19.1 Å². The Morgan fingerprint density at radius 1 is 1.00 bits per heavy atom. The van der Waals surface area contributed by atoms with Crippen molar-refractivity contribution in [2.24, 2.45) is 11.8 Å². The van der Waals surface area contributed by atoms with Crippen LogP contribution < -0.4 is 0 Å². The molecule has 0 saturated heterocycles. The number of hydrogen-bond donors (Lipinski definition) is 3. The van der Waals surface area contributed by atoms with E-state index in [9.17, 15) is 24.6 Å². The fourth-order valence-electron chi connectivity index (χ4n) is 2.48. The molecule has 1 rings (SSSR count). The van der Waals surface area contributed by atoms with E-state index in [1.54, 1.807) is 19.1 Å². The van der Waals surface area contributed by atoms with Crippen molar-refractivity contribution < 1.29 is 29.7 Å². The molecule has 2 unspecified atom stereocenters. The zero-order valence-corrected chi connectivity index (χ0v) is 14.7. The number of allylic oxidation sites excluding steroid dienone is 2. The Morgan fingerprint density at radius 3 is 2.04 bits per heavy atom. The molecule has 1 aromatic carbocycles. The van der Waals surface area contributed by atoms with Crippen molar-refractivity contribution in [1.82, 2.24) is 0 Å². The number of benzene rings is 1. The highest BCUT2D eigenvalue weighted by Gasteiger charge is 2.22. The van der Waals surface area contributed by atoms with Crippen LogP contribution in [-0.2, 0) is 20.8 Å². The van der Waals surface area contributed by atoms with Gasteiger partial charge in [0.05, 0.1) is 0 Å². The van der Waals surface area contributed by atoms with Crippen LogP contribution in [0.15, 0.2) is 65.8 Å². The van der Waals surface area contributed by atoms with Gasteiger partial charge in [-0.2, -0.15) is 0 Å². The summed E-state index contributed by atoms with van der Waals surface area (Å²) in [4.78, 5) is 34.0.